The quantitative estimate of drug-likeness (QED) is 0.768. The van der Waals surface area contributed by atoms with E-state index in [4.69, 9.17) is 14.6 Å². The van der Waals surface area contributed by atoms with Gasteiger partial charge in [0.25, 0.3) is 0 Å². The topological polar surface area (TPSA) is 50.7 Å². The summed E-state index contributed by atoms with van der Waals surface area (Å²) < 4.78 is 11.6. The molecule has 0 aliphatic carbocycles. The number of hydrogen-bond donors (Lipinski definition) is 2. The molecule has 1 aromatic carbocycles. The van der Waals surface area contributed by atoms with Crippen LogP contribution in [0.2, 0.25) is 0 Å². The molecule has 5 heteroatoms. The Bertz CT molecular complexity index is 371. The van der Waals surface area contributed by atoms with Crippen LogP contribution in [0.5, 0.6) is 11.5 Å². The van der Waals surface area contributed by atoms with Gasteiger partial charge in [0.05, 0.1) is 24.4 Å². The molecule has 0 aliphatic rings. The lowest BCUT2D eigenvalue weighted by atomic mass is 10.2. The van der Waals surface area contributed by atoms with Crippen LogP contribution in [0.1, 0.15) is 12.5 Å². The van der Waals surface area contributed by atoms with Crippen molar-refractivity contribution in [2.75, 3.05) is 20.8 Å². The fourth-order valence-electron chi connectivity index (χ4n) is 1.43. The predicted octanol–water partition coefficient (Wildman–Crippen LogP) is 1.78. The minimum atomic E-state index is 0.0840. The van der Waals surface area contributed by atoms with Crippen molar-refractivity contribution in [2.24, 2.45) is 0 Å². The lowest BCUT2D eigenvalue weighted by molar-refractivity contribution is 0.251. The Balaban J connectivity index is 2.84. The van der Waals surface area contributed by atoms with Crippen LogP contribution in [0.4, 0.5) is 0 Å². The summed E-state index contributed by atoms with van der Waals surface area (Å²) in [5.41, 5.74) is 1.10. The molecule has 96 valence electrons. The van der Waals surface area contributed by atoms with Gasteiger partial charge in [-0.1, -0.05) is 0 Å². The van der Waals surface area contributed by atoms with E-state index >= 15 is 0 Å². The largest absolute Gasteiger partial charge is 0.493 e. The number of aliphatic hydroxyl groups excluding tert-OH is 1. The monoisotopic (exact) mass is 351 g/mol. The average molecular weight is 351 g/mol. The highest BCUT2D eigenvalue weighted by Crippen LogP contribution is 2.33. The van der Waals surface area contributed by atoms with Crippen LogP contribution >= 0.6 is 22.6 Å². The fraction of sp³-hybridized carbons (Fsp3) is 0.500. The molecule has 0 bridgehead atoms. The second-order valence-corrected chi connectivity index (χ2v) is 4.94. The maximum Gasteiger partial charge on any atom is 0.174 e. The molecule has 0 fully saturated rings. The van der Waals surface area contributed by atoms with E-state index in [0.29, 0.717) is 6.54 Å². The van der Waals surface area contributed by atoms with Gasteiger partial charge >= 0.3 is 0 Å². The van der Waals surface area contributed by atoms with E-state index in [-0.39, 0.29) is 12.6 Å². The van der Waals surface area contributed by atoms with E-state index < -0.39 is 0 Å². The van der Waals surface area contributed by atoms with Crippen molar-refractivity contribution in [1.82, 2.24) is 5.32 Å². The van der Waals surface area contributed by atoms with Crippen molar-refractivity contribution in [2.45, 2.75) is 19.5 Å². The number of methoxy groups -OCH3 is 2. The Kier molecular flexibility index (Phi) is 6.01. The van der Waals surface area contributed by atoms with Crippen LogP contribution < -0.4 is 14.8 Å². The molecule has 0 aliphatic heterocycles. The number of hydrogen-bond acceptors (Lipinski definition) is 4. The summed E-state index contributed by atoms with van der Waals surface area (Å²) in [6.07, 6.45) is 0. The molecule has 1 rings (SSSR count). The zero-order valence-electron chi connectivity index (χ0n) is 10.3. The van der Waals surface area contributed by atoms with Crippen molar-refractivity contribution in [3.05, 3.63) is 21.3 Å². The van der Waals surface area contributed by atoms with Gasteiger partial charge in [-0.3, -0.25) is 0 Å². The van der Waals surface area contributed by atoms with Crippen molar-refractivity contribution in [3.8, 4) is 11.5 Å². The highest BCUT2D eigenvalue weighted by molar-refractivity contribution is 14.1. The maximum absolute atomic E-state index is 8.94. The van der Waals surface area contributed by atoms with Gasteiger partial charge in [0.1, 0.15) is 0 Å². The molecule has 1 atom stereocenters. The van der Waals surface area contributed by atoms with Gasteiger partial charge in [0, 0.05) is 12.6 Å². The molecule has 0 spiro atoms. The van der Waals surface area contributed by atoms with Crippen LogP contribution in [0, 0.1) is 3.57 Å². The van der Waals surface area contributed by atoms with Crippen molar-refractivity contribution >= 4 is 22.6 Å². The third kappa shape index (κ3) is 4.01. The first-order chi connectivity index (χ1) is 8.12. The van der Waals surface area contributed by atoms with E-state index in [0.717, 1.165) is 20.6 Å². The minimum Gasteiger partial charge on any atom is -0.493 e. The summed E-state index contributed by atoms with van der Waals surface area (Å²) in [6.45, 7) is 2.76. The minimum absolute atomic E-state index is 0.0840. The van der Waals surface area contributed by atoms with Gasteiger partial charge in [-0.25, -0.2) is 0 Å². The standard InChI is InChI=1S/C12H18INO3/c1-8(7-15)14-6-9-4-10(13)12(17-3)11(5-9)16-2/h4-5,8,14-15H,6-7H2,1-3H3/t8-/m1/s1. The second-order valence-electron chi connectivity index (χ2n) is 3.78. The summed E-state index contributed by atoms with van der Waals surface area (Å²) in [4.78, 5) is 0. The third-order valence-electron chi connectivity index (χ3n) is 2.42. The molecule has 17 heavy (non-hydrogen) atoms. The lowest BCUT2D eigenvalue weighted by Crippen LogP contribution is -2.28. The predicted molar refractivity (Wildman–Crippen MR) is 75.7 cm³/mol. The van der Waals surface area contributed by atoms with E-state index in [9.17, 15) is 0 Å². The van der Waals surface area contributed by atoms with Crippen LogP contribution in [-0.2, 0) is 6.54 Å². The number of benzene rings is 1. The van der Waals surface area contributed by atoms with Crippen molar-refractivity contribution in [1.29, 1.82) is 0 Å². The molecule has 0 amide bonds. The Morgan fingerprint density at radius 3 is 2.59 bits per heavy atom. The van der Waals surface area contributed by atoms with Crippen molar-refractivity contribution in [3.63, 3.8) is 0 Å². The van der Waals surface area contributed by atoms with E-state index in [2.05, 4.69) is 27.9 Å². The number of aliphatic hydroxyl groups is 1. The van der Waals surface area contributed by atoms with Gasteiger partial charge in [-0.15, -0.1) is 0 Å². The molecular formula is C12H18INO3. The Morgan fingerprint density at radius 1 is 1.35 bits per heavy atom. The summed E-state index contributed by atoms with van der Waals surface area (Å²) >= 11 is 2.22. The summed E-state index contributed by atoms with van der Waals surface area (Å²) in [5.74, 6) is 1.49. The Morgan fingerprint density at radius 2 is 2.06 bits per heavy atom. The molecule has 2 N–H and O–H groups in total. The van der Waals surface area contributed by atoms with Crippen LogP contribution in [-0.4, -0.2) is 32.0 Å². The zero-order chi connectivity index (χ0) is 12.8. The maximum atomic E-state index is 8.94. The SMILES string of the molecule is COc1cc(CN[C@H](C)CO)cc(I)c1OC. The lowest BCUT2D eigenvalue weighted by Gasteiger charge is -2.14. The zero-order valence-corrected chi connectivity index (χ0v) is 12.4. The van der Waals surface area contributed by atoms with E-state index in [1.165, 1.54) is 0 Å². The van der Waals surface area contributed by atoms with E-state index in [1.807, 2.05) is 19.1 Å². The van der Waals surface area contributed by atoms with Gasteiger partial charge in [0.2, 0.25) is 0 Å². The van der Waals surface area contributed by atoms with Crippen LogP contribution in [0.3, 0.4) is 0 Å². The summed E-state index contributed by atoms with van der Waals surface area (Å²) in [5, 5.41) is 12.2. The van der Waals surface area contributed by atoms with Crippen LogP contribution in [0.25, 0.3) is 0 Å². The average Bonchev–Trinajstić information content (AvgIpc) is 2.34. The normalized spacial score (nSPS) is 12.3. The molecule has 0 saturated heterocycles. The molecule has 4 nitrogen and oxygen atoms in total. The number of ether oxygens (including phenoxy) is 2. The first kappa shape index (κ1) is 14.5. The first-order valence-electron chi connectivity index (χ1n) is 5.37. The number of nitrogens with one attached hydrogen (secondary N) is 1. The summed E-state index contributed by atoms with van der Waals surface area (Å²) in [7, 11) is 3.26. The fourth-order valence-corrected chi connectivity index (χ4v) is 2.32. The second kappa shape index (κ2) is 7.03. The molecule has 0 unspecified atom stereocenters. The van der Waals surface area contributed by atoms with Gasteiger partial charge in [0.15, 0.2) is 11.5 Å². The smallest absolute Gasteiger partial charge is 0.174 e. The van der Waals surface area contributed by atoms with Gasteiger partial charge < -0.3 is 19.9 Å². The van der Waals surface area contributed by atoms with Gasteiger partial charge in [-0.05, 0) is 47.2 Å². The van der Waals surface area contributed by atoms with Crippen LogP contribution in [0.15, 0.2) is 12.1 Å². The summed E-state index contributed by atoms with van der Waals surface area (Å²) in [6, 6.07) is 4.07. The molecule has 0 aromatic heterocycles. The molecule has 0 radical (unpaired) electrons. The highest BCUT2D eigenvalue weighted by Gasteiger charge is 2.10. The van der Waals surface area contributed by atoms with Gasteiger partial charge in [-0.2, -0.15) is 0 Å². The van der Waals surface area contributed by atoms with E-state index in [1.54, 1.807) is 14.2 Å². The molecule has 1 aromatic rings. The number of halogens is 1. The Labute approximate surface area is 115 Å². The molecular weight excluding hydrogens is 333 g/mol. The molecule has 0 saturated carbocycles. The first-order valence-corrected chi connectivity index (χ1v) is 6.44. The van der Waals surface area contributed by atoms with Crippen molar-refractivity contribution < 1.29 is 14.6 Å². The third-order valence-corrected chi connectivity index (χ3v) is 3.22. The Hall–Kier alpha value is -0.530. The number of rotatable bonds is 6. The molecule has 0 heterocycles. The highest BCUT2D eigenvalue weighted by atomic mass is 127.